The molecule has 1 fully saturated rings. The van der Waals surface area contributed by atoms with Crippen LogP contribution in [0.25, 0.3) is 0 Å². The highest BCUT2D eigenvalue weighted by Gasteiger charge is 2.62. The van der Waals surface area contributed by atoms with Crippen molar-refractivity contribution in [3.8, 4) is 0 Å². The number of hydrogen-bond donors (Lipinski definition) is 1. The van der Waals surface area contributed by atoms with Crippen LogP contribution >= 0.6 is 0 Å². The molecule has 162 valence electrons. The molecular weight excluding hydrogens is 402 g/mol. The second-order valence-electron chi connectivity index (χ2n) is 8.95. The fourth-order valence-corrected chi connectivity index (χ4v) is 4.62. The van der Waals surface area contributed by atoms with Crippen LogP contribution in [0, 0.1) is 17.0 Å². The lowest BCUT2D eigenvalue weighted by atomic mass is 9.87. The summed E-state index contributed by atoms with van der Waals surface area (Å²) in [5, 5.41) is 2.86. The van der Waals surface area contributed by atoms with Crippen LogP contribution in [0.2, 0.25) is 0 Å². The minimum atomic E-state index is -0.632. The SMILES string of the molecule is CC1(C)CC1(CNC(=O)CCCN1C(=O)c2ccccc2C1=O)c1ccc(F)cc1F. The van der Waals surface area contributed by atoms with E-state index >= 15 is 0 Å². The zero-order valence-electron chi connectivity index (χ0n) is 17.5. The summed E-state index contributed by atoms with van der Waals surface area (Å²) in [6.45, 7) is 4.38. The maximum absolute atomic E-state index is 14.4. The molecule has 2 aliphatic rings. The molecule has 1 aliphatic heterocycles. The molecular formula is C24H24F2N2O3. The van der Waals surface area contributed by atoms with Crippen LogP contribution in [0.3, 0.4) is 0 Å². The van der Waals surface area contributed by atoms with Gasteiger partial charge in [-0.05, 0) is 42.0 Å². The van der Waals surface area contributed by atoms with Gasteiger partial charge in [-0.25, -0.2) is 8.78 Å². The molecule has 1 unspecified atom stereocenters. The quantitative estimate of drug-likeness (QED) is 0.685. The Labute approximate surface area is 179 Å². The van der Waals surface area contributed by atoms with Gasteiger partial charge in [0.1, 0.15) is 11.6 Å². The highest BCUT2D eigenvalue weighted by molar-refractivity contribution is 6.21. The summed E-state index contributed by atoms with van der Waals surface area (Å²) >= 11 is 0. The summed E-state index contributed by atoms with van der Waals surface area (Å²) in [6.07, 6.45) is 1.15. The summed E-state index contributed by atoms with van der Waals surface area (Å²) in [7, 11) is 0. The molecule has 2 aromatic carbocycles. The van der Waals surface area contributed by atoms with Crippen molar-refractivity contribution in [1.29, 1.82) is 0 Å². The summed E-state index contributed by atoms with van der Waals surface area (Å²) in [5.74, 6) is -2.16. The third kappa shape index (κ3) is 3.62. The van der Waals surface area contributed by atoms with Gasteiger partial charge in [0, 0.05) is 31.0 Å². The molecule has 2 aromatic rings. The van der Waals surface area contributed by atoms with E-state index in [1.54, 1.807) is 24.3 Å². The van der Waals surface area contributed by atoms with Gasteiger partial charge in [-0.3, -0.25) is 19.3 Å². The maximum Gasteiger partial charge on any atom is 0.261 e. The molecule has 7 heteroatoms. The Balaban J connectivity index is 1.33. The van der Waals surface area contributed by atoms with E-state index in [9.17, 15) is 23.2 Å². The zero-order chi connectivity index (χ0) is 22.4. The smallest absolute Gasteiger partial charge is 0.261 e. The van der Waals surface area contributed by atoms with Gasteiger partial charge < -0.3 is 5.32 Å². The van der Waals surface area contributed by atoms with E-state index in [1.807, 2.05) is 13.8 Å². The van der Waals surface area contributed by atoms with Gasteiger partial charge in [0.05, 0.1) is 11.1 Å². The minimum absolute atomic E-state index is 0.135. The van der Waals surface area contributed by atoms with E-state index in [2.05, 4.69) is 5.32 Å². The highest BCUT2D eigenvalue weighted by atomic mass is 19.1. The van der Waals surface area contributed by atoms with Crippen molar-refractivity contribution >= 4 is 17.7 Å². The topological polar surface area (TPSA) is 66.5 Å². The van der Waals surface area contributed by atoms with E-state index in [0.29, 0.717) is 29.5 Å². The Kier molecular flexibility index (Phi) is 5.15. The van der Waals surface area contributed by atoms with E-state index < -0.39 is 17.0 Å². The van der Waals surface area contributed by atoms with Crippen molar-refractivity contribution in [2.75, 3.05) is 13.1 Å². The first-order chi connectivity index (χ1) is 14.7. The van der Waals surface area contributed by atoms with Gasteiger partial charge in [-0.1, -0.05) is 32.0 Å². The van der Waals surface area contributed by atoms with Crippen molar-refractivity contribution in [2.24, 2.45) is 5.41 Å². The molecule has 31 heavy (non-hydrogen) atoms. The number of fused-ring (bicyclic) bond motifs is 1. The third-order valence-corrected chi connectivity index (χ3v) is 6.61. The van der Waals surface area contributed by atoms with E-state index in [0.717, 1.165) is 11.0 Å². The molecule has 0 aromatic heterocycles. The summed E-state index contributed by atoms with van der Waals surface area (Å²) in [4.78, 5) is 38.3. The average molecular weight is 426 g/mol. The lowest BCUT2D eigenvalue weighted by Crippen LogP contribution is -2.36. The molecule has 0 saturated heterocycles. The zero-order valence-corrected chi connectivity index (χ0v) is 17.5. The number of amides is 3. The largest absolute Gasteiger partial charge is 0.355 e. The summed E-state index contributed by atoms with van der Waals surface area (Å²) in [6, 6.07) is 10.2. The molecule has 0 bridgehead atoms. The van der Waals surface area contributed by atoms with E-state index in [-0.39, 0.29) is 42.6 Å². The Hall–Kier alpha value is -3.09. The van der Waals surface area contributed by atoms with E-state index in [4.69, 9.17) is 0 Å². The van der Waals surface area contributed by atoms with Crippen LogP contribution in [0.4, 0.5) is 8.78 Å². The van der Waals surface area contributed by atoms with Crippen LogP contribution in [-0.2, 0) is 10.2 Å². The summed E-state index contributed by atoms with van der Waals surface area (Å²) < 4.78 is 27.7. The number of imide groups is 1. The molecule has 1 N–H and O–H groups in total. The molecule has 1 atom stereocenters. The number of nitrogens with one attached hydrogen (secondary N) is 1. The number of carbonyl (C=O) groups is 3. The number of nitrogens with zero attached hydrogens (tertiary/aromatic N) is 1. The van der Waals surface area contributed by atoms with Crippen LogP contribution < -0.4 is 5.32 Å². The molecule has 4 rings (SSSR count). The lowest BCUT2D eigenvalue weighted by Gasteiger charge is -2.22. The predicted molar refractivity (Wildman–Crippen MR) is 110 cm³/mol. The first kappa shape index (κ1) is 21.2. The van der Waals surface area contributed by atoms with Gasteiger partial charge in [0.25, 0.3) is 11.8 Å². The van der Waals surface area contributed by atoms with Gasteiger partial charge in [0.2, 0.25) is 5.91 Å². The molecule has 3 amide bonds. The minimum Gasteiger partial charge on any atom is -0.355 e. The predicted octanol–water partition coefficient (Wildman–Crippen LogP) is 3.83. The third-order valence-electron chi connectivity index (χ3n) is 6.61. The maximum atomic E-state index is 14.4. The second-order valence-corrected chi connectivity index (χ2v) is 8.95. The van der Waals surface area contributed by atoms with Gasteiger partial charge >= 0.3 is 0 Å². The van der Waals surface area contributed by atoms with Crippen molar-refractivity contribution in [2.45, 2.75) is 38.5 Å². The Morgan fingerprint density at radius 1 is 1.06 bits per heavy atom. The monoisotopic (exact) mass is 426 g/mol. The van der Waals surface area contributed by atoms with Crippen LogP contribution in [-0.4, -0.2) is 35.7 Å². The number of rotatable bonds is 7. The van der Waals surface area contributed by atoms with Crippen LogP contribution in [0.15, 0.2) is 42.5 Å². The number of halogens is 2. The Bertz CT molecular complexity index is 1050. The number of hydrogen-bond acceptors (Lipinski definition) is 3. The van der Waals surface area contributed by atoms with Crippen molar-refractivity contribution in [1.82, 2.24) is 10.2 Å². The molecule has 1 aliphatic carbocycles. The number of carbonyl (C=O) groups excluding carboxylic acids is 3. The normalized spacial score (nSPS) is 21.2. The highest BCUT2D eigenvalue weighted by Crippen LogP contribution is 2.64. The first-order valence-electron chi connectivity index (χ1n) is 10.3. The van der Waals surface area contributed by atoms with Crippen molar-refractivity contribution in [3.05, 3.63) is 70.8 Å². The van der Waals surface area contributed by atoms with E-state index in [1.165, 1.54) is 12.1 Å². The van der Waals surface area contributed by atoms with Crippen LogP contribution in [0.5, 0.6) is 0 Å². The Morgan fingerprint density at radius 2 is 1.68 bits per heavy atom. The van der Waals surface area contributed by atoms with Gasteiger partial charge in [0.15, 0.2) is 0 Å². The molecule has 0 spiro atoms. The Morgan fingerprint density at radius 3 is 2.23 bits per heavy atom. The second kappa shape index (κ2) is 7.55. The van der Waals surface area contributed by atoms with Crippen molar-refractivity contribution < 1.29 is 23.2 Å². The fraction of sp³-hybridized carbons (Fsp3) is 0.375. The average Bonchev–Trinajstić information content (AvgIpc) is 3.20. The fourth-order valence-electron chi connectivity index (χ4n) is 4.62. The van der Waals surface area contributed by atoms with Gasteiger partial charge in [-0.15, -0.1) is 0 Å². The molecule has 1 heterocycles. The lowest BCUT2D eigenvalue weighted by molar-refractivity contribution is -0.121. The van der Waals surface area contributed by atoms with Gasteiger partial charge in [-0.2, -0.15) is 0 Å². The first-order valence-corrected chi connectivity index (χ1v) is 10.3. The van der Waals surface area contributed by atoms with Crippen molar-refractivity contribution in [3.63, 3.8) is 0 Å². The number of benzene rings is 2. The summed E-state index contributed by atoms with van der Waals surface area (Å²) in [5.41, 5.74) is 0.375. The molecule has 1 saturated carbocycles. The van der Waals surface area contributed by atoms with Crippen LogP contribution in [0.1, 0.15) is 59.4 Å². The molecule has 5 nitrogen and oxygen atoms in total. The molecule has 0 radical (unpaired) electrons. The standard InChI is InChI=1S/C24H24F2N2O3/c1-23(2)13-24(23,18-10-9-15(25)12-19(18)26)14-27-20(29)8-5-11-28-21(30)16-6-3-4-7-17(16)22(28)31/h3-4,6-7,9-10,12H,5,8,11,13-14H2,1-2H3,(H,27,29).